The number of rotatable bonds is 7. The van der Waals surface area contributed by atoms with Crippen molar-refractivity contribution in [1.29, 1.82) is 0 Å². The maximum absolute atomic E-state index is 4.72. The van der Waals surface area contributed by atoms with E-state index < -0.39 is 0 Å². The Hall–Kier alpha value is -3.48. The molecule has 7 heteroatoms. The van der Waals surface area contributed by atoms with Gasteiger partial charge in [-0.25, -0.2) is 5.43 Å². The molecule has 0 unspecified atom stereocenters. The highest BCUT2D eigenvalue weighted by Gasteiger charge is 2.14. The molecule has 0 amide bonds. The van der Waals surface area contributed by atoms with Gasteiger partial charge in [-0.2, -0.15) is 10.1 Å². The molecule has 4 rings (SSSR count). The quantitative estimate of drug-likeness (QED) is 0.364. The van der Waals surface area contributed by atoms with E-state index in [4.69, 9.17) is 4.98 Å². The molecule has 30 heavy (non-hydrogen) atoms. The van der Waals surface area contributed by atoms with Crippen LogP contribution in [0.15, 0.2) is 53.6 Å². The van der Waals surface area contributed by atoms with Crippen molar-refractivity contribution in [2.24, 2.45) is 11.0 Å². The van der Waals surface area contributed by atoms with Crippen molar-refractivity contribution in [1.82, 2.24) is 19.7 Å². The lowest BCUT2D eigenvalue weighted by Gasteiger charge is -2.11. The summed E-state index contributed by atoms with van der Waals surface area (Å²) in [6.45, 7) is 5.35. The normalized spacial score (nSPS) is 11.8. The van der Waals surface area contributed by atoms with Gasteiger partial charge in [0.2, 0.25) is 0 Å². The third-order valence-corrected chi connectivity index (χ3v) is 5.09. The minimum atomic E-state index is 0.386. The summed E-state index contributed by atoms with van der Waals surface area (Å²) in [7, 11) is 4.04. The van der Waals surface area contributed by atoms with E-state index in [1.165, 1.54) is 0 Å². The Morgan fingerprint density at radius 1 is 1.07 bits per heavy atom. The molecule has 0 fully saturated rings. The van der Waals surface area contributed by atoms with Crippen LogP contribution < -0.4 is 10.3 Å². The average Bonchev–Trinajstić information content (AvgIpc) is 3.05. The van der Waals surface area contributed by atoms with Crippen LogP contribution in [0.3, 0.4) is 0 Å². The SMILES string of the molecule is CC(C)CCn1c2ccccc2c2nnc(N/N=C/c3ccc(N(C)C)cc3)nc21. The lowest BCUT2D eigenvalue weighted by molar-refractivity contribution is 0.529. The molecule has 0 aliphatic heterocycles. The summed E-state index contributed by atoms with van der Waals surface area (Å²) in [6.07, 6.45) is 2.82. The Morgan fingerprint density at radius 3 is 2.57 bits per heavy atom. The number of benzene rings is 2. The van der Waals surface area contributed by atoms with Gasteiger partial charge in [0.15, 0.2) is 5.65 Å². The molecule has 0 saturated heterocycles. The number of anilines is 2. The molecule has 154 valence electrons. The topological polar surface area (TPSA) is 71.2 Å². The molecule has 0 radical (unpaired) electrons. The first-order valence-electron chi connectivity index (χ1n) is 10.2. The predicted octanol–water partition coefficient (Wildman–Crippen LogP) is 4.54. The fourth-order valence-corrected chi connectivity index (χ4v) is 3.39. The van der Waals surface area contributed by atoms with Crippen molar-refractivity contribution in [2.75, 3.05) is 24.4 Å². The molecule has 2 aromatic heterocycles. The van der Waals surface area contributed by atoms with Gasteiger partial charge in [0.1, 0.15) is 5.52 Å². The molecule has 4 aromatic rings. The fraction of sp³-hybridized carbons (Fsp3) is 0.304. The number of hydrogen-bond donors (Lipinski definition) is 1. The molecule has 0 saturated carbocycles. The zero-order valence-corrected chi connectivity index (χ0v) is 17.9. The first-order valence-corrected chi connectivity index (χ1v) is 10.2. The van der Waals surface area contributed by atoms with Crippen molar-refractivity contribution >= 4 is 39.9 Å². The van der Waals surface area contributed by atoms with E-state index in [2.05, 4.69) is 68.3 Å². The summed E-state index contributed by atoms with van der Waals surface area (Å²) in [5, 5.41) is 14.0. The Morgan fingerprint density at radius 2 is 1.83 bits per heavy atom. The van der Waals surface area contributed by atoms with E-state index >= 15 is 0 Å². The lowest BCUT2D eigenvalue weighted by atomic mass is 10.1. The second-order valence-electron chi connectivity index (χ2n) is 8.01. The van der Waals surface area contributed by atoms with Gasteiger partial charge in [0.05, 0.1) is 11.7 Å². The van der Waals surface area contributed by atoms with Crippen LogP contribution in [0.25, 0.3) is 22.1 Å². The third-order valence-electron chi connectivity index (χ3n) is 5.09. The van der Waals surface area contributed by atoms with E-state index in [0.717, 1.165) is 46.3 Å². The van der Waals surface area contributed by atoms with E-state index in [9.17, 15) is 0 Å². The summed E-state index contributed by atoms with van der Waals surface area (Å²) >= 11 is 0. The number of nitrogens with zero attached hydrogens (tertiary/aromatic N) is 6. The molecule has 7 nitrogen and oxygen atoms in total. The number of fused-ring (bicyclic) bond motifs is 3. The number of hydrazone groups is 1. The van der Waals surface area contributed by atoms with Crippen LogP contribution in [0.5, 0.6) is 0 Å². The summed E-state index contributed by atoms with van der Waals surface area (Å²) < 4.78 is 2.23. The maximum Gasteiger partial charge on any atom is 0.265 e. The van der Waals surface area contributed by atoms with Crippen LogP contribution in [0, 0.1) is 5.92 Å². The van der Waals surface area contributed by atoms with Crippen LogP contribution in [-0.2, 0) is 6.54 Å². The molecule has 0 bridgehead atoms. The van der Waals surface area contributed by atoms with Crippen LogP contribution in [0.4, 0.5) is 11.6 Å². The largest absolute Gasteiger partial charge is 0.378 e. The first kappa shape index (κ1) is 19.8. The number of hydrogen-bond acceptors (Lipinski definition) is 6. The zero-order chi connectivity index (χ0) is 21.1. The van der Waals surface area contributed by atoms with Crippen molar-refractivity contribution in [2.45, 2.75) is 26.8 Å². The third kappa shape index (κ3) is 4.10. The van der Waals surface area contributed by atoms with Crippen LogP contribution in [0.2, 0.25) is 0 Å². The van der Waals surface area contributed by atoms with Crippen LogP contribution in [0.1, 0.15) is 25.8 Å². The molecule has 1 N–H and O–H groups in total. The van der Waals surface area contributed by atoms with Gasteiger partial charge in [-0.15, -0.1) is 10.2 Å². The van der Waals surface area contributed by atoms with Crippen molar-refractivity contribution in [3.05, 3.63) is 54.1 Å². The average molecular weight is 402 g/mol. The van der Waals surface area contributed by atoms with Gasteiger partial charge >= 0.3 is 0 Å². The summed E-state index contributed by atoms with van der Waals surface area (Å²) in [5.74, 6) is 0.995. The van der Waals surface area contributed by atoms with E-state index in [-0.39, 0.29) is 0 Å². The molecule has 0 aliphatic carbocycles. The van der Waals surface area contributed by atoms with Crippen molar-refractivity contribution < 1.29 is 0 Å². The summed E-state index contributed by atoms with van der Waals surface area (Å²) in [5.41, 5.74) is 7.85. The van der Waals surface area contributed by atoms with Gasteiger partial charge in [-0.3, -0.25) is 0 Å². The van der Waals surface area contributed by atoms with Crippen molar-refractivity contribution in [3.63, 3.8) is 0 Å². The van der Waals surface area contributed by atoms with Gasteiger partial charge in [0.25, 0.3) is 5.95 Å². The Balaban J connectivity index is 1.60. The molecular formula is C23H27N7. The lowest BCUT2D eigenvalue weighted by Crippen LogP contribution is -2.08. The summed E-state index contributed by atoms with van der Waals surface area (Å²) in [4.78, 5) is 6.78. The fourth-order valence-electron chi connectivity index (χ4n) is 3.39. The molecular weight excluding hydrogens is 374 g/mol. The number of para-hydroxylation sites is 1. The zero-order valence-electron chi connectivity index (χ0n) is 17.9. The standard InChI is InChI=1S/C23H27N7/c1-16(2)13-14-30-20-8-6-5-7-19(20)21-22(30)25-23(28-26-21)27-24-15-17-9-11-18(12-10-17)29(3)4/h5-12,15-16H,13-14H2,1-4H3,(H,25,27,28)/b24-15+. The number of aryl methyl sites for hydroxylation is 1. The van der Waals surface area contributed by atoms with E-state index in [1.54, 1.807) is 6.21 Å². The second-order valence-corrected chi connectivity index (χ2v) is 8.01. The molecule has 2 aromatic carbocycles. The Labute approximate surface area is 176 Å². The van der Waals surface area contributed by atoms with Gasteiger partial charge in [-0.1, -0.05) is 44.2 Å². The van der Waals surface area contributed by atoms with Crippen molar-refractivity contribution in [3.8, 4) is 0 Å². The molecule has 0 atom stereocenters. The van der Waals surface area contributed by atoms with Gasteiger partial charge in [0, 0.05) is 31.7 Å². The summed E-state index contributed by atoms with van der Waals surface area (Å²) in [6, 6.07) is 16.4. The predicted molar refractivity (Wildman–Crippen MR) is 124 cm³/mol. The first-order chi connectivity index (χ1) is 14.5. The van der Waals surface area contributed by atoms with E-state index in [1.807, 2.05) is 38.4 Å². The van der Waals surface area contributed by atoms with Crippen LogP contribution in [-0.4, -0.2) is 40.1 Å². The highest BCUT2D eigenvalue weighted by Crippen LogP contribution is 2.27. The number of aromatic nitrogens is 4. The molecule has 0 aliphatic rings. The maximum atomic E-state index is 4.72. The van der Waals surface area contributed by atoms with Gasteiger partial charge < -0.3 is 9.47 Å². The molecule has 2 heterocycles. The van der Waals surface area contributed by atoms with Gasteiger partial charge in [-0.05, 0) is 36.1 Å². The number of nitrogens with one attached hydrogen (secondary N) is 1. The molecule has 0 spiro atoms. The minimum absolute atomic E-state index is 0.386. The van der Waals surface area contributed by atoms with Crippen LogP contribution >= 0.6 is 0 Å². The minimum Gasteiger partial charge on any atom is -0.378 e. The smallest absolute Gasteiger partial charge is 0.265 e. The highest BCUT2D eigenvalue weighted by atomic mass is 15.4. The van der Waals surface area contributed by atoms with E-state index in [0.29, 0.717) is 11.9 Å². The highest BCUT2D eigenvalue weighted by molar-refractivity contribution is 6.04. The monoisotopic (exact) mass is 401 g/mol. The Kier molecular flexibility index (Phi) is 5.61. The second kappa shape index (κ2) is 8.49. The Bertz CT molecular complexity index is 1170.